The second-order valence-corrected chi connectivity index (χ2v) is 5.02. The number of nitrogens with one attached hydrogen (secondary N) is 1. The number of rotatable bonds is 2. The lowest BCUT2D eigenvalue weighted by molar-refractivity contribution is -0.113. The number of benzene rings is 1. The Morgan fingerprint density at radius 2 is 2.10 bits per heavy atom. The van der Waals surface area contributed by atoms with Gasteiger partial charge in [0, 0.05) is 16.3 Å². The standard InChI is InChI=1S/C15H14ClN3O/c1-8-13(9(2)20)14(11(7-17)15(18)19-8)10-5-3-4-6-12(10)16/h3-6,14,19H,18H2,1-2H3. The fourth-order valence-electron chi connectivity index (χ4n) is 2.47. The van der Waals surface area contributed by atoms with Gasteiger partial charge in [0.2, 0.25) is 0 Å². The Morgan fingerprint density at radius 1 is 1.45 bits per heavy atom. The second-order valence-electron chi connectivity index (χ2n) is 4.61. The van der Waals surface area contributed by atoms with Gasteiger partial charge in [-0.2, -0.15) is 5.26 Å². The molecule has 2 rings (SSSR count). The van der Waals surface area contributed by atoms with Crippen molar-refractivity contribution in [3.63, 3.8) is 0 Å². The van der Waals surface area contributed by atoms with E-state index < -0.39 is 5.92 Å². The smallest absolute Gasteiger partial charge is 0.158 e. The maximum absolute atomic E-state index is 12.0. The summed E-state index contributed by atoms with van der Waals surface area (Å²) < 4.78 is 0. The molecule has 1 aromatic rings. The zero-order chi connectivity index (χ0) is 14.9. The van der Waals surface area contributed by atoms with Gasteiger partial charge in [-0.05, 0) is 25.5 Å². The largest absolute Gasteiger partial charge is 0.384 e. The zero-order valence-corrected chi connectivity index (χ0v) is 12.0. The molecular weight excluding hydrogens is 274 g/mol. The van der Waals surface area contributed by atoms with Gasteiger partial charge in [-0.3, -0.25) is 4.79 Å². The van der Waals surface area contributed by atoms with Crippen molar-refractivity contribution in [1.29, 1.82) is 5.26 Å². The van der Waals surface area contributed by atoms with Crippen molar-refractivity contribution in [1.82, 2.24) is 5.32 Å². The number of nitriles is 1. The molecule has 1 atom stereocenters. The first-order chi connectivity index (χ1) is 9.47. The lowest BCUT2D eigenvalue weighted by Crippen LogP contribution is -2.31. The highest BCUT2D eigenvalue weighted by molar-refractivity contribution is 6.31. The Balaban J connectivity index is 2.71. The van der Waals surface area contributed by atoms with Gasteiger partial charge in [0.25, 0.3) is 0 Å². The minimum atomic E-state index is -0.521. The summed E-state index contributed by atoms with van der Waals surface area (Å²) >= 11 is 6.22. The van der Waals surface area contributed by atoms with Crippen LogP contribution in [0.2, 0.25) is 5.02 Å². The van der Waals surface area contributed by atoms with Crippen LogP contribution in [-0.4, -0.2) is 5.78 Å². The summed E-state index contributed by atoms with van der Waals surface area (Å²) in [5, 5.41) is 12.8. The Hall–Kier alpha value is -2.25. The average molecular weight is 288 g/mol. The van der Waals surface area contributed by atoms with Crippen LogP contribution in [0, 0.1) is 11.3 Å². The van der Waals surface area contributed by atoms with Gasteiger partial charge < -0.3 is 11.1 Å². The highest BCUT2D eigenvalue weighted by Gasteiger charge is 2.33. The van der Waals surface area contributed by atoms with E-state index in [4.69, 9.17) is 17.3 Å². The molecule has 0 bridgehead atoms. The van der Waals surface area contributed by atoms with Gasteiger partial charge in [-0.25, -0.2) is 0 Å². The van der Waals surface area contributed by atoms with Crippen LogP contribution in [0.5, 0.6) is 0 Å². The third-order valence-corrected chi connectivity index (χ3v) is 3.65. The van der Waals surface area contributed by atoms with Gasteiger partial charge in [0.15, 0.2) is 5.78 Å². The third-order valence-electron chi connectivity index (χ3n) is 3.31. The number of hydrogen-bond donors (Lipinski definition) is 2. The van der Waals surface area contributed by atoms with Crippen LogP contribution in [-0.2, 0) is 4.79 Å². The number of dihydropyridines is 1. The molecule has 0 radical (unpaired) electrons. The van der Waals surface area contributed by atoms with E-state index in [9.17, 15) is 10.1 Å². The van der Waals surface area contributed by atoms with Gasteiger partial charge >= 0.3 is 0 Å². The highest BCUT2D eigenvalue weighted by atomic mass is 35.5. The normalized spacial score (nSPS) is 18.6. The molecule has 0 fully saturated rings. The van der Waals surface area contributed by atoms with Crippen LogP contribution in [0.4, 0.5) is 0 Å². The number of allylic oxidation sites excluding steroid dienone is 3. The van der Waals surface area contributed by atoms with Crippen molar-refractivity contribution in [2.75, 3.05) is 0 Å². The summed E-state index contributed by atoms with van der Waals surface area (Å²) in [5.74, 6) is -0.368. The minimum Gasteiger partial charge on any atom is -0.384 e. The Kier molecular flexibility index (Phi) is 3.82. The fourth-order valence-corrected chi connectivity index (χ4v) is 2.71. The zero-order valence-electron chi connectivity index (χ0n) is 11.2. The van der Waals surface area contributed by atoms with Crippen LogP contribution in [0.1, 0.15) is 25.3 Å². The van der Waals surface area contributed by atoms with Gasteiger partial charge in [0.1, 0.15) is 5.82 Å². The molecule has 1 heterocycles. The lowest BCUT2D eigenvalue weighted by atomic mass is 9.80. The van der Waals surface area contributed by atoms with Crippen LogP contribution >= 0.6 is 11.6 Å². The summed E-state index contributed by atoms with van der Waals surface area (Å²) in [6, 6.07) is 9.24. The number of Topliss-reactive ketones (excluding diaryl/α,β-unsaturated/α-hetero) is 1. The van der Waals surface area contributed by atoms with E-state index in [1.165, 1.54) is 6.92 Å². The van der Waals surface area contributed by atoms with Crippen LogP contribution in [0.3, 0.4) is 0 Å². The summed E-state index contributed by atoms with van der Waals surface area (Å²) in [6.45, 7) is 3.24. The van der Waals surface area contributed by atoms with Crippen LogP contribution in [0.15, 0.2) is 46.9 Å². The fraction of sp³-hybridized carbons (Fsp3) is 0.200. The molecule has 0 aliphatic carbocycles. The van der Waals surface area contributed by atoms with Crippen LogP contribution in [0.25, 0.3) is 0 Å². The van der Waals surface area contributed by atoms with Gasteiger partial charge in [0.05, 0.1) is 17.6 Å². The summed E-state index contributed by atoms with van der Waals surface area (Å²) in [4.78, 5) is 12.0. The maximum Gasteiger partial charge on any atom is 0.158 e. The molecule has 3 N–H and O–H groups in total. The van der Waals surface area contributed by atoms with Crippen LogP contribution < -0.4 is 11.1 Å². The minimum absolute atomic E-state index is 0.111. The highest BCUT2D eigenvalue weighted by Crippen LogP contribution is 2.39. The molecule has 0 spiro atoms. The van der Waals surface area contributed by atoms with Crippen molar-refractivity contribution in [2.45, 2.75) is 19.8 Å². The van der Waals surface area contributed by atoms with E-state index in [1.54, 1.807) is 25.1 Å². The molecule has 0 saturated heterocycles. The third kappa shape index (κ3) is 2.28. The predicted octanol–water partition coefficient (Wildman–Crippen LogP) is 2.58. The summed E-state index contributed by atoms with van der Waals surface area (Å²) in [7, 11) is 0. The SMILES string of the molecule is CC(=O)C1=C(C)NC(N)=C(C#N)C1c1ccccc1Cl. The quantitative estimate of drug-likeness (QED) is 0.876. The molecule has 1 aliphatic rings. The van der Waals surface area contributed by atoms with Crippen molar-refractivity contribution in [2.24, 2.45) is 5.73 Å². The number of nitrogens with zero attached hydrogens (tertiary/aromatic N) is 1. The molecule has 20 heavy (non-hydrogen) atoms. The van der Waals surface area contributed by atoms with E-state index in [0.29, 0.717) is 27.4 Å². The number of carbonyl (C=O) groups is 1. The monoisotopic (exact) mass is 287 g/mol. The van der Waals surface area contributed by atoms with E-state index >= 15 is 0 Å². The topological polar surface area (TPSA) is 78.9 Å². The van der Waals surface area contributed by atoms with Gasteiger partial charge in [-0.15, -0.1) is 0 Å². The number of hydrogen-bond acceptors (Lipinski definition) is 4. The van der Waals surface area contributed by atoms with Crippen molar-refractivity contribution in [3.05, 3.63) is 57.5 Å². The Labute approximate surface area is 122 Å². The second kappa shape index (κ2) is 5.40. The Bertz CT molecular complexity index is 683. The van der Waals surface area contributed by atoms with E-state index in [1.807, 2.05) is 6.07 Å². The molecule has 102 valence electrons. The van der Waals surface area contributed by atoms with Crippen molar-refractivity contribution >= 4 is 17.4 Å². The van der Waals surface area contributed by atoms with E-state index in [2.05, 4.69) is 11.4 Å². The average Bonchev–Trinajstić information content (AvgIpc) is 2.38. The Morgan fingerprint density at radius 3 is 2.65 bits per heavy atom. The van der Waals surface area contributed by atoms with E-state index in [0.717, 1.165) is 0 Å². The molecule has 1 aromatic carbocycles. The lowest BCUT2D eigenvalue weighted by Gasteiger charge is -2.28. The number of nitrogens with two attached hydrogens (primary N) is 1. The molecule has 0 aromatic heterocycles. The molecule has 5 heteroatoms. The first-order valence-electron chi connectivity index (χ1n) is 6.10. The molecule has 1 aliphatic heterocycles. The van der Waals surface area contributed by atoms with Crippen molar-refractivity contribution < 1.29 is 4.79 Å². The number of ketones is 1. The summed E-state index contributed by atoms with van der Waals surface area (Å²) in [6.07, 6.45) is 0. The molecule has 0 saturated carbocycles. The molecule has 1 unspecified atom stereocenters. The molecule has 4 nitrogen and oxygen atoms in total. The van der Waals surface area contributed by atoms with Crippen molar-refractivity contribution in [3.8, 4) is 6.07 Å². The number of carbonyl (C=O) groups excluding carboxylic acids is 1. The van der Waals surface area contributed by atoms with E-state index in [-0.39, 0.29) is 11.6 Å². The van der Waals surface area contributed by atoms with Gasteiger partial charge in [-0.1, -0.05) is 29.8 Å². The number of halogens is 1. The summed E-state index contributed by atoms with van der Waals surface area (Å²) in [5.41, 5.74) is 8.07. The molecular formula is C15H14ClN3O. The predicted molar refractivity (Wildman–Crippen MR) is 77.5 cm³/mol. The maximum atomic E-state index is 12.0. The first kappa shape index (κ1) is 14.2. The molecule has 0 amide bonds. The first-order valence-corrected chi connectivity index (χ1v) is 6.48.